The molecule has 5 heteroatoms. The summed E-state index contributed by atoms with van der Waals surface area (Å²) in [6.07, 6.45) is 2.45. The number of hydrogen-bond acceptors (Lipinski definition) is 5. The number of anilines is 3. The number of nitrogens with zero attached hydrogens (tertiary/aromatic N) is 1. The van der Waals surface area contributed by atoms with Gasteiger partial charge in [-0.25, -0.2) is 4.98 Å². The third-order valence-corrected chi connectivity index (χ3v) is 2.81. The first-order valence-electron chi connectivity index (χ1n) is 5.59. The lowest BCUT2D eigenvalue weighted by Crippen LogP contribution is -2.41. The smallest absolute Gasteiger partial charge is 0.149 e. The minimum atomic E-state index is 0.380. The van der Waals surface area contributed by atoms with Crippen molar-refractivity contribution in [2.75, 3.05) is 23.4 Å². The Bertz CT molecular complexity index is 363. The molecule has 1 aromatic rings. The average molecular weight is 222 g/mol. The number of aromatic nitrogens is 1. The molecule has 0 amide bonds. The molecule has 1 aliphatic carbocycles. The highest BCUT2D eigenvalue weighted by Gasteiger charge is 2.29. The standard InChI is InChI=1S/C11H18N4O/c1-2-16-8-5-7(6-8)14-10-4-3-9(12)11(13)15-10/h3-4,7-8H,2,5-6,12H2,1H3,(H3,13,14,15). The summed E-state index contributed by atoms with van der Waals surface area (Å²) in [4.78, 5) is 4.17. The fourth-order valence-corrected chi connectivity index (χ4v) is 1.83. The van der Waals surface area contributed by atoms with E-state index in [1.165, 1.54) is 0 Å². The molecule has 0 saturated heterocycles. The van der Waals surface area contributed by atoms with E-state index in [2.05, 4.69) is 10.3 Å². The fraction of sp³-hybridized carbons (Fsp3) is 0.545. The van der Waals surface area contributed by atoms with Crippen molar-refractivity contribution in [1.29, 1.82) is 0 Å². The van der Waals surface area contributed by atoms with Gasteiger partial charge < -0.3 is 21.5 Å². The predicted molar refractivity (Wildman–Crippen MR) is 65.1 cm³/mol. The van der Waals surface area contributed by atoms with Gasteiger partial charge in [-0.05, 0) is 31.9 Å². The minimum absolute atomic E-state index is 0.380. The van der Waals surface area contributed by atoms with Crippen LogP contribution in [0, 0.1) is 0 Å². The molecular weight excluding hydrogens is 204 g/mol. The number of nitrogens with two attached hydrogens (primary N) is 2. The molecule has 0 radical (unpaired) electrons. The summed E-state index contributed by atoms with van der Waals surface area (Å²) in [5.74, 6) is 1.16. The summed E-state index contributed by atoms with van der Waals surface area (Å²) in [7, 11) is 0. The molecule has 1 heterocycles. The summed E-state index contributed by atoms with van der Waals surface area (Å²) in [5.41, 5.74) is 11.7. The fourth-order valence-electron chi connectivity index (χ4n) is 1.83. The molecule has 0 spiro atoms. The van der Waals surface area contributed by atoms with Gasteiger partial charge in [0.25, 0.3) is 0 Å². The Morgan fingerprint density at radius 2 is 2.19 bits per heavy atom. The van der Waals surface area contributed by atoms with E-state index in [9.17, 15) is 0 Å². The van der Waals surface area contributed by atoms with E-state index in [0.29, 0.717) is 23.7 Å². The number of nitrogens with one attached hydrogen (secondary N) is 1. The molecule has 1 fully saturated rings. The predicted octanol–water partition coefficient (Wildman–Crippen LogP) is 1.23. The molecule has 1 aliphatic rings. The maximum atomic E-state index is 5.63. The normalized spacial score (nSPS) is 23.8. The second-order valence-corrected chi connectivity index (χ2v) is 4.06. The van der Waals surface area contributed by atoms with E-state index in [1.54, 1.807) is 6.07 Å². The van der Waals surface area contributed by atoms with Gasteiger partial charge in [-0.1, -0.05) is 0 Å². The van der Waals surface area contributed by atoms with Crippen LogP contribution in [0.3, 0.4) is 0 Å². The maximum absolute atomic E-state index is 5.63. The zero-order valence-corrected chi connectivity index (χ0v) is 9.44. The molecule has 5 nitrogen and oxygen atoms in total. The van der Waals surface area contributed by atoms with E-state index in [1.807, 2.05) is 13.0 Å². The van der Waals surface area contributed by atoms with Gasteiger partial charge >= 0.3 is 0 Å². The van der Waals surface area contributed by atoms with E-state index in [-0.39, 0.29) is 0 Å². The summed E-state index contributed by atoms with van der Waals surface area (Å²) < 4.78 is 5.48. The van der Waals surface area contributed by atoms with Gasteiger partial charge in [0, 0.05) is 12.6 Å². The molecule has 0 aliphatic heterocycles. The summed E-state index contributed by atoms with van der Waals surface area (Å²) in [6.45, 7) is 2.80. The highest BCUT2D eigenvalue weighted by Crippen LogP contribution is 2.26. The van der Waals surface area contributed by atoms with Gasteiger partial charge in [0.1, 0.15) is 11.6 Å². The SMILES string of the molecule is CCOC1CC(Nc2ccc(N)c(N)n2)C1. The van der Waals surface area contributed by atoms with Crippen LogP contribution in [0.2, 0.25) is 0 Å². The number of hydrogen-bond donors (Lipinski definition) is 3. The summed E-state index contributed by atoms with van der Waals surface area (Å²) in [5, 5.41) is 3.31. The first-order valence-corrected chi connectivity index (χ1v) is 5.59. The largest absolute Gasteiger partial charge is 0.396 e. The van der Waals surface area contributed by atoms with Gasteiger partial charge in [-0.2, -0.15) is 0 Å². The minimum Gasteiger partial charge on any atom is -0.396 e. The van der Waals surface area contributed by atoms with Crippen LogP contribution in [0.25, 0.3) is 0 Å². The molecular formula is C11H18N4O. The van der Waals surface area contributed by atoms with Crippen LogP contribution in [-0.4, -0.2) is 23.7 Å². The van der Waals surface area contributed by atoms with Gasteiger partial charge in [0.2, 0.25) is 0 Å². The van der Waals surface area contributed by atoms with Crippen LogP contribution in [0.4, 0.5) is 17.3 Å². The molecule has 1 saturated carbocycles. The van der Waals surface area contributed by atoms with Crippen molar-refractivity contribution in [2.45, 2.75) is 31.9 Å². The first-order chi connectivity index (χ1) is 7.69. The zero-order chi connectivity index (χ0) is 11.5. The van der Waals surface area contributed by atoms with Crippen molar-refractivity contribution < 1.29 is 4.74 Å². The molecule has 0 unspecified atom stereocenters. The van der Waals surface area contributed by atoms with Crippen molar-refractivity contribution in [3.05, 3.63) is 12.1 Å². The number of rotatable bonds is 4. The monoisotopic (exact) mass is 222 g/mol. The van der Waals surface area contributed by atoms with Gasteiger partial charge in [-0.3, -0.25) is 0 Å². The van der Waals surface area contributed by atoms with E-state index in [0.717, 1.165) is 25.3 Å². The molecule has 0 atom stereocenters. The Balaban J connectivity index is 1.84. The number of nitrogen functional groups attached to an aromatic ring is 2. The summed E-state index contributed by atoms with van der Waals surface area (Å²) >= 11 is 0. The Morgan fingerprint density at radius 3 is 2.81 bits per heavy atom. The lowest BCUT2D eigenvalue weighted by atomic mass is 9.89. The van der Waals surface area contributed by atoms with Crippen molar-refractivity contribution in [1.82, 2.24) is 4.98 Å². The van der Waals surface area contributed by atoms with E-state index in [4.69, 9.17) is 16.2 Å². The lowest BCUT2D eigenvalue weighted by molar-refractivity contribution is 0.00293. The van der Waals surface area contributed by atoms with Gasteiger partial charge in [-0.15, -0.1) is 0 Å². The van der Waals surface area contributed by atoms with Crippen molar-refractivity contribution in [3.8, 4) is 0 Å². The lowest BCUT2D eigenvalue weighted by Gasteiger charge is -2.35. The molecule has 16 heavy (non-hydrogen) atoms. The third kappa shape index (κ3) is 2.36. The first kappa shape index (κ1) is 11.0. The Morgan fingerprint density at radius 1 is 1.44 bits per heavy atom. The highest BCUT2D eigenvalue weighted by atomic mass is 16.5. The van der Waals surface area contributed by atoms with Crippen molar-refractivity contribution in [2.24, 2.45) is 0 Å². The number of ether oxygens (including phenoxy) is 1. The van der Waals surface area contributed by atoms with Gasteiger partial charge in [0.15, 0.2) is 0 Å². The molecule has 1 aromatic heterocycles. The Labute approximate surface area is 95.2 Å². The average Bonchev–Trinajstić information content (AvgIpc) is 2.20. The molecule has 0 bridgehead atoms. The molecule has 5 N–H and O–H groups in total. The highest BCUT2D eigenvalue weighted by molar-refractivity contribution is 5.61. The van der Waals surface area contributed by atoms with Crippen molar-refractivity contribution >= 4 is 17.3 Å². The van der Waals surface area contributed by atoms with Crippen LogP contribution < -0.4 is 16.8 Å². The van der Waals surface area contributed by atoms with E-state index < -0.39 is 0 Å². The Kier molecular flexibility index (Phi) is 3.14. The second kappa shape index (κ2) is 4.57. The molecule has 0 aromatic carbocycles. The third-order valence-electron chi connectivity index (χ3n) is 2.81. The van der Waals surface area contributed by atoms with Crippen LogP contribution in [0.15, 0.2) is 12.1 Å². The van der Waals surface area contributed by atoms with Crippen molar-refractivity contribution in [3.63, 3.8) is 0 Å². The van der Waals surface area contributed by atoms with Crippen LogP contribution in [0.5, 0.6) is 0 Å². The second-order valence-electron chi connectivity index (χ2n) is 4.06. The molecule has 88 valence electrons. The number of pyridine rings is 1. The Hall–Kier alpha value is -1.49. The van der Waals surface area contributed by atoms with Gasteiger partial charge in [0.05, 0.1) is 11.8 Å². The van der Waals surface area contributed by atoms with Crippen LogP contribution >= 0.6 is 0 Å². The van der Waals surface area contributed by atoms with Crippen LogP contribution in [-0.2, 0) is 4.74 Å². The summed E-state index contributed by atoms with van der Waals surface area (Å²) in [6, 6.07) is 4.05. The van der Waals surface area contributed by atoms with Crippen LogP contribution in [0.1, 0.15) is 19.8 Å². The van der Waals surface area contributed by atoms with E-state index >= 15 is 0 Å². The topological polar surface area (TPSA) is 86.2 Å². The molecule has 2 rings (SSSR count). The maximum Gasteiger partial charge on any atom is 0.149 e. The zero-order valence-electron chi connectivity index (χ0n) is 9.44. The quantitative estimate of drug-likeness (QED) is 0.713.